The molecule has 5 heteroatoms. The molecule has 0 spiro atoms. The minimum Gasteiger partial charge on any atom is -0.496 e. The Hall–Kier alpha value is -2.01. The summed E-state index contributed by atoms with van der Waals surface area (Å²) in [4.78, 5) is 0. The Morgan fingerprint density at radius 2 is 2.14 bits per heavy atom. The van der Waals surface area contributed by atoms with Gasteiger partial charge in [0, 0.05) is 36.2 Å². The van der Waals surface area contributed by atoms with Gasteiger partial charge < -0.3 is 19.3 Å². The number of methoxy groups -OCH3 is 1. The van der Waals surface area contributed by atoms with Crippen molar-refractivity contribution in [3.8, 4) is 11.5 Å². The van der Waals surface area contributed by atoms with Crippen LogP contribution in [0.15, 0.2) is 16.7 Å². The van der Waals surface area contributed by atoms with E-state index in [0.29, 0.717) is 6.54 Å². The van der Waals surface area contributed by atoms with Crippen molar-refractivity contribution in [3.63, 3.8) is 0 Å². The van der Waals surface area contributed by atoms with Crippen molar-refractivity contribution in [1.82, 2.24) is 10.5 Å². The van der Waals surface area contributed by atoms with Crippen LogP contribution < -0.4 is 14.8 Å². The molecule has 0 saturated carbocycles. The third-order valence-electron chi connectivity index (χ3n) is 4.10. The molecule has 1 atom stereocenters. The first-order chi connectivity index (χ1) is 10.6. The number of aryl methyl sites for hydroxylation is 2. The summed E-state index contributed by atoms with van der Waals surface area (Å²) in [6.07, 6.45) is 1.18. The van der Waals surface area contributed by atoms with Crippen LogP contribution in [-0.2, 0) is 19.5 Å². The lowest BCUT2D eigenvalue weighted by Crippen LogP contribution is -2.14. The highest BCUT2D eigenvalue weighted by Crippen LogP contribution is 2.34. The molecular weight excluding hydrogens is 280 g/mol. The summed E-state index contributed by atoms with van der Waals surface area (Å²) in [5, 5.41) is 7.40. The standard InChI is InChI=1S/C17H22N2O3/c1-10-5-13-6-16(20-4)14(7-17(13)21-10)8-18-9-15-11(2)19-22-12(15)3/h6-7,10,18H,5,8-9H2,1-4H3/t10-/m0/s1. The lowest BCUT2D eigenvalue weighted by molar-refractivity contribution is 0.254. The Morgan fingerprint density at radius 1 is 1.32 bits per heavy atom. The van der Waals surface area contributed by atoms with Crippen molar-refractivity contribution in [2.45, 2.75) is 46.4 Å². The molecule has 118 valence electrons. The van der Waals surface area contributed by atoms with E-state index >= 15 is 0 Å². The van der Waals surface area contributed by atoms with Crippen molar-refractivity contribution in [2.75, 3.05) is 7.11 Å². The molecule has 1 aliphatic rings. The third kappa shape index (κ3) is 2.81. The van der Waals surface area contributed by atoms with Crippen LogP contribution in [0, 0.1) is 13.8 Å². The van der Waals surface area contributed by atoms with Gasteiger partial charge in [-0.25, -0.2) is 0 Å². The minimum absolute atomic E-state index is 0.241. The van der Waals surface area contributed by atoms with E-state index in [4.69, 9.17) is 14.0 Å². The molecule has 1 aliphatic heterocycles. The van der Waals surface area contributed by atoms with Crippen LogP contribution in [0.2, 0.25) is 0 Å². The molecule has 1 N–H and O–H groups in total. The summed E-state index contributed by atoms with van der Waals surface area (Å²) >= 11 is 0. The molecule has 3 rings (SSSR count). The molecule has 2 aromatic rings. The number of rotatable bonds is 5. The average molecular weight is 302 g/mol. The number of fused-ring (bicyclic) bond motifs is 1. The number of benzene rings is 1. The predicted octanol–water partition coefficient (Wildman–Crippen LogP) is 2.91. The second kappa shape index (κ2) is 6.01. The van der Waals surface area contributed by atoms with Gasteiger partial charge in [0.05, 0.1) is 12.8 Å². The van der Waals surface area contributed by atoms with Crippen molar-refractivity contribution in [1.29, 1.82) is 0 Å². The molecule has 0 saturated heterocycles. The van der Waals surface area contributed by atoms with Crippen LogP contribution in [-0.4, -0.2) is 18.4 Å². The average Bonchev–Trinajstić information content (AvgIpc) is 3.01. The van der Waals surface area contributed by atoms with E-state index in [9.17, 15) is 0 Å². The molecule has 1 aromatic carbocycles. The molecule has 0 unspecified atom stereocenters. The number of nitrogens with zero attached hydrogens (tertiary/aromatic N) is 1. The highest BCUT2D eigenvalue weighted by atomic mass is 16.5. The van der Waals surface area contributed by atoms with E-state index in [-0.39, 0.29) is 6.10 Å². The van der Waals surface area contributed by atoms with Crippen LogP contribution in [0.25, 0.3) is 0 Å². The van der Waals surface area contributed by atoms with Crippen molar-refractivity contribution >= 4 is 0 Å². The van der Waals surface area contributed by atoms with Gasteiger partial charge in [-0.15, -0.1) is 0 Å². The van der Waals surface area contributed by atoms with Gasteiger partial charge in [0.1, 0.15) is 23.4 Å². The normalized spacial score (nSPS) is 16.5. The smallest absolute Gasteiger partial charge is 0.138 e. The van der Waals surface area contributed by atoms with Gasteiger partial charge in [0.15, 0.2) is 0 Å². The van der Waals surface area contributed by atoms with Crippen LogP contribution in [0.1, 0.15) is 35.1 Å². The van der Waals surface area contributed by atoms with Gasteiger partial charge in [-0.1, -0.05) is 5.16 Å². The summed E-state index contributed by atoms with van der Waals surface area (Å²) in [7, 11) is 1.71. The monoisotopic (exact) mass is 302 g/mol. The van der Waals surface area contributed by atoms with Crippen LogP contribution in [0.5, 0.6) is 11.5 Å². The molecule has 5 nitrogen and oxygen atoms in total. The van der Waals surface area contributed by atoms with E-state index < -0.39 is 0 Å². The maximum Gasteiger partial charge on any atom is 0.138 e. The van der Waals surface area contributed by atoms with Crippen molar-refractivity contribution in [2.24, 2.45) is 0 Å². The number of nitrogens with one attached hydrogen (secondary N) is 1. The predicted molar refractivity (Wildman–Crippen MR) is 83.3 cm³/mol. The Labute approximate surface area is 130 Å². The molecule has 2 heterocycles. The molecule has 0 aliphatic carbocycles. The summed E-state index contributed by atoms with van der Waals surface area (Å²) in [5.74, 6) is 2.74. The minimum atomic E-state index is 0.241. The first kappa shape index (κ1) is 14.9. The number of aromatic nitrogens is 1. The zero-order valence-electron chi connectivity index (χ0n) is 13.5. The first-order valence-corrected chi connectivity index (χ1v) is 7.57. The summed E-state index contributed by atoms with van der Waals surface area (Å²) in [5.41, 5.74) is 4.37. The fourth-order valence-corrected chi connectivity index (χ4v) is 2.89. The Morgan fingerprint density at radius 3 is 2.82 bits per heavy atom. The lowest BCUT2D eigenvalue weighted by atomic mass is 10.1. The Bertz CT molecular complexity index is 659. The van der Waals surface area contributed by atoms with E-state index in [1.165, 1.54) is 5.56 Å². The quantitative estimate of drug-likeness (QED) is 0.920. The molecule has 22 heavy (non-hydrogen) atoms. The van der Waals surface area contributed by atoms with Crippen LogP contribution in [0.3, 0.4) is 0 Å². The second-order valence-electron chi connectivity index (χ2n) is 5.81. The highest BCUT2D eigenvalue weighted by Gasteiger charge is 2.21. The molecular formula is C17H22N2O3. The zero-order chi connectivity index (χ0) is 15.7. The van der Waals surface area contributed by atoms with E-state index in [1.54, 1.807) is 7.11 Å². The fourth-order valence-electron chi connectivity index (χ4n) is 2.89. The van der Waals surface area contributed by atoms with Gasteiger partial charge in [0.2, 0.25) is 0 Å². The van der Waals surface area contributed by atoms with Gasteiger partial charge >= 0.3 is 0 Å². The molecule has 0 radical (unpaired) electrons. The van der Waals surface area contributed by atoms with Crippen molar-refractivity contribution < 1.29 is 14.0 Å². The Balaban J connectivity index is 1.71. The van der Waals surface area contributed by atoms with Crippen LogP contribution >= 0.6 is 0 Å². The van der Waals surface area contributed by atoms with Gasteiger partial charge in [-0.3, -0.25) is 0 Å². The SMILES string of the molecule is COc1cc2c(cc1CNCc1c(C)noc1C)O[C@@H](C)C2. The third-order valence-corrected chi connectivity index (χ3v) is 4.10. The maximum atomic E-state index is 5.83. The molecule has 0 fully saturated rings. The van der Waals surface area contributed by atoms with Gasteiger partial charge in [0.25, 0.3) is 0 Å². The fraction of sp³-hybridized carbons (Fsp3) is 0.471. The first-order valence-electron chi connectivity index (χ1n) is 7.57. The summed E-state index contributed by atoms with van der Waals surface area (Å²) in [6, 6.07) is 4.17. The maximum absolute atomic E-state index is 5.83. The van der Waals surface area contributed by atoms with E-state index in [0.717, 1.165) is 47.0 Å². The van der Waals surface area contributed by atoms with Crippen LogP contribution in [0.4, 0.5) is 0 Å². The molecule has 1 aromatic heterocycles. The summed E-state index contributed by atoms with van der Waals surface area (Å²) in [6.45, 7) is 7.40. The van der Waals surface area contributed by atoms with E-state index in [2.05, 4.69) is 29.5 Å². The van der Waals surface area contributed by atoms with Gasteiger partial charge in [-0.05, 0) is 32.9 Å². The topological polar surface area (TPSA) is 56.5 Å². The number of hydrogen-bond donors (Lipinski definition) is 1. The highest BCUT2D eigenvalue weighted by molar-refractivity contribution is 5.48. The number of hydrogen-bond acceptors (Lipinski definition) is 5. The molecule has 0 bridgehead atoms. The second-order valence-corrected chi connectivity index (χ2v) is 5.81. The number of ether oxygens (including phenoxy) is 2. The zero-order valence-corrected chi connectivity index (χ0v) is 13.5. The lowest BCUT2D eigenvalue weighted by Gasteiger charge is -2.12. The summed E-state index contributed by atoms with van der Waals surface area (Å²) < 4.78 is 16.5. The van der Waals surface area contributed by atoms with E-state index in [1.807, 2.05) is 13.8 Å². The Kier molecular flexibility index (Phi) is 4.07. The van der Waals surface area contributed by atoms with Gasteiger partial charge in [-0.2, -0.15) is 0 Å². The van der Waals surface area contributed by atoms with Crippen molar-refractivity contribution in [3.05, 3.63) is 40.3 Å². The molecule has 0 amide bonds. The largest absolute Gasteiger partial charge is 0.496 e.